The summed E-state index contributed by atoms with van der Waals surface area (Å²) in [6, 6.07) is 0. The predicted molar refractivity (Wildman–Crippen MR) is 57.7 cm³/mol. The van der Waals surface area contributed by atoms with Crippen molar-refractivity contribution in [1.82, 2.24) is 4.98 Å². The molecule has 0 bridgehead atoms. The average Bonchev–Trinajstić information content (AvgIpc) is 2.72. The zero-order valence-electron chi connectivity index (χ0n) is 9.44. The van der Waals surface area contributed by atoms with Gasteiger partial charge in [0.05, 0.1) is 6.61 Å². The van der Waals surface area contributed by atoms with Crippen LogP contribution in [0.15, 0.2) is 10.7 Å². The highest BCUT2D eigenvalue weighted by Crippen LogP contribution is 2.11. The summed E-state index contributed by atoms with van der Waals surface area (Å²) in [7, 11) is 0. The number of hydrogen-bond donors (Lipinski definition) is 1. The van der Waals surface area contributed by atoms with Gasteiger partial charge in [-0.1, -0.05) is 32.6 Å². The highest BCUT2D eigenvalue weighted by molar-refractivity contribution is 5.84. The maximum atomic E-state index is 10.5. The molecule has 1 rings (SSSR count). The lowest BCUT2D eigenvalue weighted by atomic mass is 10.2. The van der Waals surface area contributed by atoms with Gasteiger partial charge in [-0.05, 0) is 6.42 Å². The molecule has 1 heterocycles. The SMILES string of the molecule is CCCCCCCOc1nc(C(=O)O)co1. The number of aromatic carboxylic acids is 1. The molecule has 16 heavy (non-hydrogen) atoms. The molecule has 5 heteroatoms. The number of carbonyl (C=O) groups is 1. The fourth-order valence-corrected chi connectivity index (χ4v) is 1.29. The van der Waals surface area contributed by atoms with E-state index >= 15 is 0 Å². The molecule has 0 fully saturated rings. The molecule has 0 aliphatic rings. The predicted octanol–water partition coefficient (Wildman–Crippen LogP) is 2.72. The van der Waals surface area contributed by atoms with Crippen molar-refractivity contribution in [2.24, 2.45) is 0 Å². The Kier molecular flexibility index (Phi) is 5.39. The molecule has 1 aromatic heterocycles. The first kappa shape index (κ1) is 12.5. The largest absolute Gasteiger partial charge is 0.476 e. The molecular formula is C11H17NO4. The number of ether oxygens (including phenoxy) is 1. The third kappa shape index (κ3) is 4.33. The summed E-state index contributed by atoms with van der Waals surface area (Å²) in [5, 5.41) is 8.59. The van der Waals surface area contributed by atoms with Crippen LogP contribution in [0.5, 0.6) is 6.08 Å². The van der Waals surface area contributed by atoms with Gasteiger partial charge in [-0.15, -0.1) is 0 Å². The van der Waals surface area contributed by atoms with E-state index in [4.69, 9.17) is 14.3 Å². The van der Waals surface area contributed by atoms with Crippen molar-refractivity contribution in [3.63, 3.8) is 0 Å². The number of hydrogen-bond acceptors (Lipinski definition) is 4. The van der Waals surface area contributed by atoms with Crippen LogP contribution in [0, 0.1) is 0 Å². The minimum Gasteiger partial charge on any atom is -0.476 e. The van der Waals surface area contributed by atoms with Gasteiger partial charge in [0.15, 0.2) is 5.69 Å². The van der Waals surface area contributed by atoms with Gasteiger partial charge in [0, 0.05) is 0 Å². The lowest BCUT2D eigenvalue weighted by Crippen LogP contribution is -1.99. The van der Waals surface area contributed by atoms with Crippen molar-refractivity contribution in [3.05, 3.63) is 12.0 Å². The monoisotopic (exact) mass is 227 g/mol. The number of unbranched alkanes of at least 4 members (excludes halogenated alkanes) is 4. The highest BCUT2D eigenvalue weighted by atomic mass is 16.6. The zero-order valence-corrected chi connectivity index (χ0v) is 9.44. The van der Waals surface area contributed by atoms with Crippen LogP contribution in [0.2, 0.25) is 0 Å². The molecule has 0 atom stereocenters. The number of aromatic nitrogens is 1. The van der Waals surface area contributed by atoms with Crippen LogP contribution in [-0.4, -0.2) is 22.7 Å². The number of carboxylic acid groups (broad SMARTS) is 1. The summed E-state index contributed by atoms with van der Waals surface area (Å²) in [5.41, 5.74) is -0.124. The summed E-state index contributed by atoms with van der Waals surface area (Å²) >= 11 is 0. The molecule has 5 nitrogen and oxygen atoms in total. The molecule has 0 amide bonds. The van der Waals surface area contributed by atoms with Gasteiger partial charge in [-0.2, -0.15) is 4.98 Å². The molecule has 1 N–H and O–H groups in total. The van der Waals surface area contributed by atoms with E-state index in [2.05, 4.69) is 11.9 Å². The number of nitrogens with zero attached hydrogens (tertiary/aromatic N) is 1. The standard InChI is InChI=1S/C11H17NO4/c1-2-3-4-5-6-7-15-11-12-9(8-16-11)10(13)14/h8H,2-7H2,1H3,(H,13,14). The minimum atomic E-state index is -1.11. The van der Waals surface area contributed by atoms with Gasteiger partial charge >= 0.3 is 12.0 Å². The van der Waals surface area contributed by atoms with Gasteiger partial charge in [0.25, 0.3) is 0 Å². The Morgan fingerprint density at radius 3 is 2.81 bits per heavy atom. The Balaban J connectivity index is 2.14. The number of oxazole rings is 1. The lowest BCUT2D eigenvalue weighted by molar-refractivity contribution is 0.0690. The lowest BCUT2D eigenvalue weighted by Gasteiger charge is -2.00. The van der Waals surface area contributed by atoms with Gasteiger partial charge < -0.3 is 14.3 Å². The second-order valence-electron chi connectivity index (χ2n) is 3.57. The van der Waals surface area contributed by atoms with Crippen LogP contribution in [0.25, 0.3) is 0 Å². The molecule has 0 unspecified atom stereocenters. The van der Waals surface area contributed by atoms with Crippen molar-refractivity contribution in [2.45, 2.75) is 39.0 Å². The molecule has 0 radical (unpaired) electrons. The zero-order chi connectivity index (χ0) is 11.8. The summed E-state index contributed by atoms with van der Waals surface area (Å²) in [6.07, 6.45) is 6.81. The van der Waals surface area contributed by atoms with Crippen LogP contribution in [0.3, 0.4) is 0 Å². The smallest absolute Gasteiger partial charge is 0.394 e. The minimum absolute atomic E-state index is 0.0351. The van der Waals surface area contributed by atoms with E-state index in [1.807, 2.05) is 0 Å². The first-order chi connectivity index (χ1) is 7.74. The molecule has 0 saturated heterocycles. The Morgan fingerprint density at radius 1 is 1.44 bits per heavy atom. The van der Waals surface area contributed by atoms with Crippen LogP contribution in [0.4, 0.5) is 0 Å². The van der Waals surface area contributed by atoms with Gasteiger partial charge in [-0.25, -0.2) is 4.79 Å². The van der Waals surface area contributed by atoms with E-state index in [1.165, 1.54) is 19.3 Å². The Hall–Kier alpha value is -1.52. The molecule has 0 spiro atoms. The topological polar surface area (TPSA) is 72.6 Å². The summed E-state index contributed by atoms with van der Waals surface area (Å²) in [4.78, 5) is 14.1. The van der Waals surface area contributed by atoms with E-state index in [0.29, 0.717) is 6.61 Å². The second-order valence-corrected chi connectivity index (χ2v) is 3.57. The van der Waals surface area contributed by atoms with E-state index in [-0.39, 0.29) is 11.8 Å². The molecule has 90 valence electrons. The molecule has 0 saturated carbocycles. The molecular weight excluding hydrogens is 210 g/mol. The fourth-order valence-electron chi connectivity index (χ4n) is 1.29. The molecule has 1 aromatic rings. The highest BCUT2D eigenvalue weighted by Gasteiger charge is 2.10. The van der Waals surface area contributed by atoms with Crippen molar-refractivity contribution in [3.8, 4) is 6.08 Å². The van der Waals surface area contributed by atoms with Crippen molar-refractivity contribution < 1.29 is 19.1 Å². The third-order valence-electron chi connectivity index (χ3n) is 2.18. The molecule has 0 aliphatic heterocycles. The summed E-state index contributed by atoms with van der Waals surface area (Å²) < 4.78 is 10.0. The third-order valence-corrected chi connectivity index (χ3v) is 2.18. The van der Waals surface area contributed by atoms with Crippen molar-refractivity contribution in [2.75, 3.05) is 6.61 Å². The quantitative estimate of drug-likeness (QED) is 0.691. The van der Waals surface area contributed by atoms with Gasteiger partial charge in [0.2, 0.25) is 0 Å². The van der Waals surface area contributed by atoms with E-state index in [0.717, 1.165) is 19.1 Å². The van der Waals surface area contributed by atoms with Crippen molar-refractivity contribution >= 4 is 5.97 Å². The Labute approximate surface area is 94.4 Å². The Morgan fingerprint density at radius 2 is 2.19 bits per heavy atom. The van der Waals surface area contributed by atoms with Crippen LogP contribution < -0.4 is 4.74 Å². The Bertz CT molecular complexity index is 322. The normalized spacial score (nSPS) is 10.3. The maximum absolute atomic E-state index is 10.5. The summed E-state index contributed by atoms with van der Waals surface area (Å²) in [6.45, 7) is 2.68. The maximum Gasteiger partial charge on any atom is 0.394 e. The van der Waals surface area contributed by atoms with Crippen molar-refractivity contribution in [1.29, 1.82) is 0 Å². The van der Waals surface area contributed by atoms with E-state index < -0.39 is 5.97 Å². The van der Waals surface area contributed by atoms with E-state index in [1.54, 1.807) is 0 Å². The van der Waals surface area contributed by atoms with Gasteiger partial charge in [0.1, 0.15) is 6.26 Å². The van der Waals surface area contributed by atoms with Crippen LogP contribution in [-0.2, 0) is 0 Å². The van der Waals surface area contributed by atoms with Gasteiger partial charge in [-0.3, -0.25) is 0 Å². The second kappa shape index (κ2) is 6.87. The van der Waals surface area contributed by atoms with Crippen LogP contribution in [0.1, 0.15) is 49.5 Å². The first-order valence-electron chi connectivity index (χ1n) is 5.55. The van der Waals surface area contributed by atoms with Crippen LogP contribution >= 0.6 is 0 Å². The fraction of sp³-hybridized carbons (Fsp3) is 0.636. The molecule has 0 aromatic carbocycles. The average molecular weight is 227 g/mol. The number of rotatable bonds is 8. The summed E-state index contributed by atoms with van der Waals surface area (Å²) in [5.74, 6) is -1.11. The first-order valence-corrected chi connectivity index (χ1v) is 5.55. The molecule has 0 aliphatic carbocycles. The van der Waals surface area contributed by atoms with E-state index in [9.17, 15) is 4.79 Å². The number of carboxylic acids is 1.